The molecule has 54 valence electrons. The van der Waals surface area contributed by atoms with Gasteiger partial charge in [-0.1, -0.05) is 17.7 Å². The van der Waals surface area contributed by atoms with Gasteiger partial charge < -0.3 is 4.84 Å². The van der Waals surface area contributed by atoms with Gasteiger partial charge in [0.05, 0.1) is 0 Å². The molecule has 0 fully saturated rings. The third-order valence-corrected chi connectivity index (χ3v) is 1.24. The van der Waals surface area contributed by atoms with E-state index in [4.69, 9.17) is 4.84 Å². The van der Waals surface area contributed by atoms with E-state index in [9.17, 15) is 0 Å². The molecule has 0 unspecified atom stereocenters. The van der Waals surface area contributed by atoms with Crippen LogP contribution in [0.1, 0.15) is 5.56 Å². The Labute approximate surface area is 60.8 Å². The maximum Gasteiger partial charge on any atom is 0.147 e. The molecule has 2 heteroatoms. The summed E-state index contributed by atoms with van der Waals surface area (Å²) < 4.78 is 0. The summed E-state index contributed by atoms with van der Waals surface area (Å²) in [6.45, 7) is 2.04. The molecule has 0 aliphatic rings. The molecule has 0 saturated heterocycles. The molecular weight excluding hydrogens is 126 g/mol. The summed E-state index contributed by atoms with van der Waals surface area (Å²) >= 11 is 0. The van der Waals surface area contributed by atoms with Crippen molar-refractivity contribution >= 4 is 0 Å². The summed E-state index contributed by atoms with van der Waals surface area (Å²) in [6, 6.07) is 7.86. The number of rotatable bonds is 2. The zero-order valence-corrected chi connectivity index (χ0v) is 6.22. The van der Waals surface area contributed by atoms with Crippen molar-refractivity contribution in [2.24, 2.45) is 0 Å². The molecule has 0 atom stereocenters. The molecule has 0 aliphatic carbocycles. The van der Waals surface area contributed by atoms with E-state index in [2.05, 4.69) is 5.48 Å². The van der Waals surface area contributed by atoms with Crippen LogP contribution in [0, 0.1) is 6.92 Å². The lowest BCUT2D eigenvalue weighted by molar-refractivity contribution is 0.224. The Morgan fingerprint density at radius 1 is 1.20 bits per heavy atom. The molecule has 2 nitrogen and oxygen atoms in total. The first-order valence-corrected chi connectivity index (χ1v) is 3.23. The van der Waals surface area contributed by atoms with Gasteiger partial charge >= 0.3 is 0 Å². The van der Waals surface area contributed by atoms with Gasteiger partial charge in [-0.2, -0.15) is 5.48 Å². The molecule has 0 radical (unpaired) electrons. The molecule has 0 bridgehead atoms. The SMILES string of the molecule is CNOc1ccc(C)cc1. The average Bonchev–Trinajstić information content (AvgIpc) is 1.95. The first-order valence-electron chi connectivity index (χ1n) is 3.23. The fraction of sp³-hybridized carbons (Fsp3) is 0.250. The molecule has 0 aromatic heterocycles. The van der Waals surface area contributed by atoms with Gasteiger partial charge in [0.15, 0.2) is 0 Å². The summed E-state index contributed by atoms with van der Waals surface area (Å²) in [5.41, 5.74) is 3.84. The highest BCUT2D eigenvalue weighted by Gasteiger charge is 1.88. The molecule has 10 heavy (non-hydrogen) atoms. The smallest absolute Gasteiger partial charge is 0.147 e. The van der Waals surface area contributed by atoms with Crippen LogP contribution in [0.15, 0.2) is 24.3 Å². The number of benzene rings is 1. The van der Waals surface area contributed by atoms with E-state index in [1.165, 1.54) is 5.56 Å². The number of hydroxylamine groups is 1. The highest BCUT2D eigenvalue weighted by atomic mass is 16.6. The van der Waals surface area contributed by atoms with Crippen molar-refractivity contribution in [1.29, 1.82) is 0 Å². The number of nitrogens with one attached hydrogen (secondary N) is 1. The predicted octanol–water partition coefficient (Wildman–Crippen LogP) is 1.51. The van der Waals surface area contributed by atoms with Crippen LogP contribution in [0.25, 0.3) is 0 Å². The van der Waals surface area contributed by atoms with E-state index in [-0.39, 0.29) is 0 Å². The maximum absolute atomic E-state index is 5.01. The van der Waals surface area contributed by atoms with Crippen molar-refractivity contribution in [3.05, 3.63) is 29.8 Å². The highest BCUT2D eigenvalue weighted by Crippen LogP contribution is 2.09. The monoisotopic (exact) mass is 137 g/mol. The zero-order chi connectivity index (χ0) is 7.40. The number of aryl methyl sites for hydroxylation is 1. The largest absolute Gasteiger partial charge is 0.409 e. The van der Waals surface area contributed by atoms with E-state index in [1.54, 1.807) is 7.05 Å². The topological polar surface area (TPSA) is 21.3 Å². The van der Waals surface area contributed by atoms with Gasteiger partial charge in [0, 0.05) is 7.05 Å². The van der Waals surface area contributed by atoms with Crippen LogP contribution in [-0.4, -0.2) is 7.05 Å². The van der Waals surface area contributed by atoms with Crippen LogP contribution in [0.5, 0.6) is 5.75 Å². The Bertz CT molecular complexity index is 193. The zero-order valence-electron chi connectivity index (χ0n) is 6.22. The average molecular weight is 137 g/mol. The second kappa shape index (κ2) is 3.22. The van der Waals surface area contributed by atoms with Crippen molar-refractivity contribution < 1.29 is 4.84 Å². The summed E-state index contributed by atoms with van der Waals surface area (Å²) in [4.78, 5) is 5.01. The fourth-order valence-electron chi connectivity index (χ4n) is 0.724. The second-order valence-electron chi connectivity index (χ2n) is 2.12. The van der Waals surface area contributed by atoms with Gasteiger partial charge in [-0.15, -0.1) is 0 Å². The predicted molar refractivity (Wildman–Crippen MR) is 40.9 cm³/mol. The van der Waals surface area contributed by atoms with Crippen molar-refractivity contribution in [1.82, 2.24) is 5.48 Å². The lowest BCUT2D eigenvalue weighted by Gasteiger charge is -2.01. The summed E-state index contributed by atoms with van der Waals surface area (Å²) in [6.07, 6.45) is 0. The minimum absolute atomic E-state index is 0.841. The number of hydrogen-bond donors (Lipinski definition) is 1. The van der Waals surface area contributed by atoms with Crippen LogP contribution in [-0.2, 0) is 0 Å². The van der Waals surface area contributed by atoms with E-state index in [0.29, 0.717) is 0 Å². The Morgan fingerprint density at radius 3 is 2.30 bits per heavy atom. The minimum atomic E-state index is 0.841. The summed E-state index contributed by atoms with van der Waals surface area (Å²) in [5.74, 6) is 0.841. The van der Waals surface area contributed by atoms with E-state index in [0.717, 1.165) is 5.75 Å². The van der Waals surface area contributed by atoms with Gasteiger partial charge in [-0.3, -0.25) is 0 Å². The van der Waals surface area contributed by atoms with E-state index < -0.39 is 0 Å². The molecule has 0 heterocycles. The Morgan fingerprint density at radius 2 is 1.80 bits per heavy atom. The van der Waals surface area contributed by atoms with Crippen LogP contribution in [0.2, 0.25) is 0 Å². The van der Waals surface area contributed by atoms with Gasteiger partial charge in [0.25, 0.3) is 0 Å². The quantitative estimate of drug-likeness (QED) is 0.624. The minimum Gasteiger partial charge on any atom is -0.409 e. The molecule has 0 spiro atoms. The first-order chi connectivity index (χ1) is 4.83. The van der Waals surface area contributed by atoms with Crippen molar-refractivity contribution in [3.63, 3.8) is 0 Å². The van der Waals surface area contributed by atoms with Crippen molar-refractivity contribution in [2.45, 2.75) is 6.92 Å². The second-order valence-corrected chi connectivity index (χ2v) is 2.12. The van der Waals surface area contributed by atoms with Crippen LogP contribution < -0.4 is 10.3 Å². The molecule has 1 N–H and O–H groups in total. The lowest BCUT2D eigenvalue weighted by atomic mass is 10.2. The van der Waals surface area contributed by atoms with Crippen molar-refractivity contribution in [3.8, 4) is 5.75 Å². The Balaban J connectivity index is 2.69. The molecule has 0 aliphatic heterocycles. The molecule has 0 amide bonds. The normalized spacial score (nSPS) is 9.40. The lowest BCUT2D eigenvalue weighted by Crippen LogP contribution is -2.10. The van der Waals surface area contributed by atoms with E-state index in [1.807, 2.05) is 31.2 Å². The molecule has 1 aromatic rings. The van der Waals surface area contributed by atoms with E-state index >= 15 is 0 Å². The molecular formula is C8H11NO. The summed E-state index contributed by atoms with van der Waals surface area (Å²) in [7, 11) is 1.74. The fourth-order valence-corrected chi connectivity index (χ4v) is 0.724. The van der Waals surface area contributed by atoms with Crippen molar-refractivity contribution in [2.75, 3.05) is 7.05 Å². The van der Waals surface area contributed by atoms with Crippen LogP contribution >= 0.6 is 0 Å². The first kappa shape index (κ1) is 7.09. The standard InChI is InChI=1S/C8H11NO/c1-7-3-5-8(6-4-7)10-9-2/h3-6,9H,1-2H3. The van der Waals surface area contributed by atoms with Gasteiger partial charge in [-0.05, 0) is 19.1 Å². The Hall–Kier alpha value is -1.02. The summed E-state index contributed by atoms with van der Waals surface area (Å²) in [5, 5.41) is 0. The molecule has 0 saturated carbocycles. The Kier molecular flexibility index (Phi) is 2.29. The third kappa shape index (κ3) is 1.74. The maximum atomic E-state index is 5.01. The van der Waals surface area contributed by atoms with Crippen LogP contribution in [0.3, 0.4) is 0 Å². The van der Waals surface area contributed by atoms with Gasteiger partial charge in [-0.25, -0.2) is 0 Å². The molecule has 1 aromatic carbocycles. The van der Waals surface area contributed by atoms with Crippen LogP contribution in [0.4, 0.5) is 0 Å². The number of hydrogen-bond acceptors (Lipinski definition) is 2. The van der Waals surface area contributed by atoms with Gasteiger partial charge in [0.1, 0.15) is 5.75 Å². The third-order valence-electron chi connectivity index (χ3n) is 1.24. The van der Waals surface area contributed by atoms with Gasteiger partial charge in [0.2, 0.25) is 0 Å². The molecule has 1 rings (SSSR count). The highest BCUT2D eigenvalue weighted by molar-refractivity contribution is 5.25.